The van der Waals surface area contributed by atoms with E-state index in [9.17, 15) is 4.79 Å². The fourth-order valence-corrected chi connectivity index (χ4v) is 2.46. The predicted octanol–water partition coefficient (Wildman–Crippen LogP) is 3.33. The Hall–Kier alpha value is -1.75. The van der Waals surface area contributed by atoms with E-state index in [4.69, 9.17) is 0 Å². The number of H-pyrrole nitrogens is 1. The van der Waals surface area contributed by atoms with Crippen LogP contribution in [0, 0.1) is 6.92 Å². The molecule has 4 nitrogen and oxygen atoms in total. The smallest absolute Gasteiger partial charge is 0.252 e. The van der Waals surface area contributed by atoms with Crippen molar-refractivity contribution in [3.8, 4) is 0 Å². The molecule has 0 fully saturated rings. The Kier molecular flexibility index (Phi) is 5.44. The molecule has 2 rings (SSSR count). The van der Waals surface area contributed by atoms with Crippen LogP contribution in [0.3, 0.4) is 0 Å². The van der Waals surface area contributed by atoms with Crippen LogP contribution >= 0.6 is 11.8 Å². The molecular weight excluding hydrogens is 282 g/mol. The Labute approximate surface area is 129 Å². The Morgan fingerprint density at radius 1 is 1.29 bits per heavy atom. The molecule has 5 heteroatoms. The number of nitrogens with one attached hydrogen (secondary N) is 2. The maximum Gasteiger partial charge on any atom is 0.252 e. The second-order valence-corrected chi connectivity index (χ2v) is 6.85. The quantitative estimate of drug-likeness (QED) is 0.859. The van der Waals surface area contributed by atoms with Crippen molar-refractivity contribution < 1.29 is 0 Å². The number of nitrogens with zero attached hydrogens (tertiary/aromatic N) is 1. The van der Waals surface area contributed by atoms with Gasteiger partial charge < -0.3 is 5.32 Å². The number of aromatic nitrogens is 2. The van der Waals surface area contributed by atoms with E-state index < -0.39 is 0 Å². The molecule has 0 aliphatic rings. The van der Waals surface area contributed by atoms with E-state index in [0.717, 1.165) is 17.0 Å². The molecule has 0 aliphatic carbocycles. The molecule has 21 heavy (non-hydrogen) atoms. The van der Waals surface area contributed by atoms with Gasteiger partial charge in [0.15, 0.2) is 0 Å². The molecule has 0 unspecified atom stereocenters. The normalized spacial score (nSPS) is 10.9. The molecule has 112 valence electrons. The number of anilines is 1. The zero-order chi connectivity index (χ0) is 15.2. The van der Waals surface area contributed by atoms with E-state index in [1.165, 1.54) is 5.56 Å². The van der Waals surface area contributed by atoms with Crippen LogP contribution in [0.15, 0.2) is 35.1 Å². The molecule has 2 aromatic rings. The zero-order valence-corrected chi connectivity index (χ0v) is 13.5. The van der Waals surface area contributed by atoms with Gasteiger partial charge in [0.2, 0.25) is 5.95 Å². The van der Waals surface area contributed by atoms with Gasteiger partial charge in [0.1, 0.15) is 0 Å². The monoisotopic (exact) mass is 303 g/mol. The van der Waals surface area contributed by atoms with Crippen molar-refractivity contribution in [2.24, 2.45) is 0 Å². The van der Waals surface area contributed by atoms with Gasteiger partial charge >= 0.3 is 0 Å². The third kappa shape index (κ3) is 5.27. The fourth-order valence-electron chi connectivity index (χ4n) is 1.81. The zero-order valence-electron chi connectivity index (χ0n) is 12.6. The summed E-state index contributed by atoms with van der Waals surface area (Å²) in [5.74, 6) is 1.28. The molecule has 0 amide bonds. The number of thioether (sulfide) groups is 1. The SMILES string of the molecule is Cc1ccc(CNc2nc(CSC(C)C)cc(=O)[nH]2)cc1. The van der Waals surface area contributed by atoms with Crippen molar-refractivity contribution in [1.82, 2.24) is 9.97 Å². The van der Waals surface area contributed by atoms with Gasteiger partial charge in [-0.25, -0.2) is 4.98 Å². The third-order valence-electron chi connectivity index (χ3n) is 2.94. The van der Waals surface area contributed by atoms with Crippen molar-refractivity contribution in [3.05, 3.63) is 57.5 Å². The summed E-state index contributed by atoms with van der Waals surface area (Å²) in [6.07, 6.45) is 0. The van der Waals surface area contributed by atoms with Crippen LogP contribution in [0.1, 0.15) is 30.7 Å². The highest BCUT2D eigenvalue weighted by molar-refractivity contribution is 7.99. The Balaban J connectivity index is 2.02. The number of hydrogen-bond acceptors (Lipinski definition) is 4. The van der Waals surface area contributed by atoms with Crippen LogP contribution in [0.2, 0.25) is 0 Å². The van der Waals surface area contributed by atoms with Crippen molar-refractivity contribution in [1.29, 1.82) is 0 Å². The second kappa shape index (κ2) is 7.31. The summed E-state index contributed by atoms with van der Waals surface area (Å²) < 4.78 is 0. The average Bonchev–Trinajstić information content (AvgIpc) is 2.44. The summed E-state index contributed by atoms with van der Waals surface area (Å²) in [4.78, 5) is 18.8. The third-order valence-corrected chi connectivity index (χ3v) is 4.07. The van der Waals surface area contributed by atoms with Gasteiger partial charge in [-0.15, -0.1) is 0 Å². The summed E-state index contributed by atoms with van der Waals surface area (Å²) in [6, 6.07) is 9.84. The number of aromatic amines is 1. The van der Waals surface area contributed by atoms with E-state index in [1.807, 2.05) is 0 Å². The van der Waals surface area contributed by atoms with E-state index in [0.29, 0.717) is 17.7 Å². The highest BCUT2D eigenvalue weighted by Gasteiger charge is 2.03. The van der Waals surface area contributed by atoms with Crippen LogP contribution in [0.5, 0.6) is 0 Å². The molecule has 1 heterocycles. The van der Waals surface area contributed by atoms with Gasteiger partial charge in [-0.2, -0.15) is 11.8 Å². The molecule has 0 bridgehead atoms. The van der Waals surface area contributed by atoms with E-state index in [1.54, 1.807) is 17.8 Å². The molecule has 2 N–H and O–H groups in total. The summed E-state index contributed by atoms with van der Waals surface area (Å²) in [6.45, 7) is 6.97. The minimum atomic E-state index is -0.115. The van der Waals surface area contributed by atoms with Gasteiger partial charge in [-0.1, -0.05) is 43.7 Å². The molecule has 0 atom stereocenters. The number of benzene rings is 1. The molecule has 0 saturated heterocycles. The minimum absolute atomic E-state index is 0.115. The summed E-state index contributed by atoms with van der Waals surface area (Å²) in [5, 5.41) is 3.70. The van der Waals surface area contributed by atoms with Crippen LogP contribution in [-0.2, 0) is 12.3 Å². The number of hydrogen-bond donors (Lipinski definition) is 2. The highest BCUT2D eigenvalue weighted by Crippen LogP contribution is 2.15. The summed E-state index contributed by atoms with van der Waals surface area (Å²) >= 11 is 1.77. The van der Waals surface area contributed by atoms with Gasteiger partial charge in [0, 0.05) is 18.4 Å². The van der Waals surface area contributed by atoms with Crippen LogP contribution in [0.4, 0.5) is 5.95 Å². The molecular formula is C16H21N3OS. The van der Waals surface area contributed by atoms with E-state index in [-0.39, 0.29) is 5.56 Å². The molecule has 0 aliphatic heterocycles. The molecule has 0 saturated carbocycles. The molecule has 1 aromatic carbocycles. The minimum Gasteiger partial charge on any atom is -0.352 e. The lowest BCUT2D eigenvalue weighted by Gasteiger charge is -2.08. The molecule has 1 aromatic heterocycles. The molecule has 0 radical (unpaired) electrons. The lowest BCUT2D eigenvalue weighted by molar-refractivity contribution is 0.999. The second-order valence-electron chi connectivity index (χ2n) is 5.28. The summed E-state index contributed by atoms with van der Waals surface area (Å²) in [5.41, 5.74) is 3.09. The predicted molar refractivity (Wildman–Crippen MR) is 89.8 cm³/mol. The topological polar surface area (TPSA) is 57.8 Å². The van der Waals surface area contributed by atoms with Crippen LogP contribution < -0.4 is 10.9 Å². The summed E-state index contributed by atoms with van der Waals surface area (Å²) in [7, 11) is 0. The van der Waals surface area contributed by atoms with Crippen molar-refractivity contribution >= 4 is 17.7 Å². The first-order valence-electron chi connectivity index (χ1n) is 7.04. The molecule has 0 spiro atoms. The first-order valence-corrected chi connectivity index (χ1v) is 8.09. The Morgan fingerprint density at radius 3 is 2.67 bits per heavy atom. The maximum atomic E-state index is 11.7. The van der Waals surface area contributed by atoms with Gasteiger partial charge in [-0.05, 0) is 17.7 Å². The standard InChI is InChI=1S/C16H21N3OS/c1-11(2)21-10-14-8-15(20)19-16(18-14)17-9-13-6-4-12(3)5-7-13/h4-8,11H,9-10H2,1-3H3,(H2,17,18,19,20). The van der Waals surface area contributed by atoms with E-state index in [2.05, 4.69) is 60.3 Å². The van der Waals surface area contributed by atoms with Crippen LogP contribution in [0.25, 0.3) is 0 Å². The first kappa shape index (κ1) is 15.6. The number of aryl methyl sites for hydroxylation is 1. The lowest BCUT2D eigenvalue weighted by atomic mass is 10.1. The lowest BCUT2D eigenvalue weighted by Crippen LogP contribution is -2.14. The van der Waals surface area contributed by atoms with E-state index >= 15 is 0 Å². The fraction of sp³-hybridized carbons (Fsp3) is 0.375. The Bertz CT molecular complexity index is 635. The Morgan fingerprint density at radius 2 is 2.00 bits per heavy atom. The van der Waals surface area contributed by atoms with Gasteiger partial charge in [-0.3, -0.25) is 9.78 Å². The maximum absolute atomic E-state index is 11.7. The highest BCUT2D eigenvalue weighted by atomic mass is 32.2. The van der Waals surface area contributed by atoms with Crippen molar-refractivity contribution in [2.75, 3.05) is 5.32 Å². The van der Waals surface area contributed by atoms with Crippen LogP contribution in [-0.4, -0.2) is 15.2 Å². The largest absolute Gasteiger partial charge is 0.352 e. The van der Waals surface area contributed by atoms with Crippen molar-refractivity contribution in [3.63, 3.8) is 0 Å². The first-order chi connectivity index (χ1) is 10.0. The number of rotatable bonds is 6. The van der Waals surface area contributed by atoms with Gasteiger partial charge in [0.05, 0.1) is 5.69 Å². The van der Waals surface area contributed by atoms with Crippen molar-refractivity contribution in [2.45, 2.75) is 38.3 Å². The average molecular weight is 303 g/mol. The van der Waals surface area contributed by atoms with Gasteiger partial charge in [0.25, 0.3) is 5.56 Å².